The number of hydrogen-bond acceptors (Lipinski definition) is 6. The van der Waals surface area contributed by atoms with Crippen molar-refractivity contribution in [1.82, 2.24) is 15.1 Å². The molecular weight excluding hydrogens is 498 g/mol. The summed E-state index contributed by atoms with van der Waals surface area (Å²) in [4.78, 5) is 14.4. The first-order valence-electron chi connectivity index (χ1n) is 12.5. The SMILES string of the molecule is CC(C)(C)OC(=O)N1CCCC1c1nnc(CCCc2ccc(O[Si](C)(C)C(C)(C)C)c(Cl)c2)s1. The van der Waals surface area contributed by atoms with Crippen LogP contribution in [0, 0.1) is 0 Å². The van der Waals surface area contributed by atoms with Crippen LogP contribution in [0.5, 0.6) is 5.75 Å². The summed E-state index contributed by atoms with van der Waals surface area (Å²) in [5.74, 6) is 0.780. The quantitative estimate of drug-likeness (QED) is 0.337. The Hall–Kier alpha value is -1.64. The van der Waals surface area contributed by atoms with Gasteiger partial charge in [0.25, 0.3) is 8.32 Å². The minimum absolute atomic E-state index is 0.0386. The van der Waals surface area contributed by atoms with Crippen LogP contribution >= 0.6 is 22.9 Å². The molecule has 0 bridgehead atoms. The van der Waals surface area contributed by atoms with Crippen molar-refractivity contribution in [2.75, 3.05) is 6.54 Å². The van der Waals surface area contributed by atoms with Crippen molar-refractivity contribution in [3.05, 3.63) is 38.8 Å². The van der Waals surface area contributed by atoms with Gasteiger partial charge in [-0.2, -0.15) is 0 Å². The number of ether oxygens (including phenoxy) is 1. The molecule has 0 N–H and O–H groups in total. The Morgan fingerprint density at radius 2 is 1.89 bits per heavy atom. The summed E-state index contributed by atoms with van der Waals surface area (Å²) in [5, 5.41) is 11.5. The van der Waals surface area contributed by atoms with Crippen LogP contribution in [0.4, 0.5) is 4.79 Å². The monoisotopic (exact) mass is 537 g/mol. The number of carbonyl (C=O) groups excluding carboxylic acids is 1. The molecule has 1 aromatic heterocycles. The molecule has 1 aromatic carbocycles. The van der Waals surface area contributed by atoms with Crippen LogP contribution in [0.1, 0.15) is 82.4 Å². The first-order valence-corrected chi connectivity index (χ1v) is 16.6. The van der Waals surface area contributed by atoms with E-state index in [4.69, 9.17) is 20.8 Å². The smallest absolute Gasteiger partial charge is 0.410 e. The van der Waals surface area contributed by atoms with Gasteiger partial charge in [0.1, 0.15) is 21.4 Å². The van der Waals surface area contributed by atoms with Crippen LogP contribution in [-0.2, 0) is 17.6 Å². The number of aryl methyl sites for hydroxylation is 2. The summed E-state index contributed by atoms with van der Waals surface area (Å²) in [7, 11) is -1.93. The Bertz CT molecular complexity index is 1030. The van der Waals surface area contributed by atoms with Crippen molar-refractivity contribution in [2.24, 2.45) is 0 Å². The Labute approximate surface area is 220 Å². The number of nitrogens with zero attached hydrogens (tertiary/aromatic N) is 3. The lowest BCUT2D eigenvalue weighted by atomic mass is 10.1. The molecule has 9 heteroatoms. The highest BCUT2D eigenvalue weighted by atomic mass is 35.5. The molecule has 35 heavy (non-hydrogen) atoms. The van der Waals surface area contributed by atoms with Crippen molar-refractivity contribution in [2.45, 2.75) is 103 Å². The van der Waals surface area contributed by atoms with E-state index in [1.807, 2.05) is 32.9 Å². The molecular formula is C26H40ClN3O3SSi. The molecule has 1 saturated heterocycles. The van der Waals surface area contributed by atoms with Gasteiger partial charge < -0.3 is 9.16 Å². The van der Waals surface area contributed by atoms with E-state index in [-0.39, 0.29) is 17.2 Å². The lowest BCUT2D eigenvalue weighted by Crippen LogP contribution is -2.43. The van der Waals surface area contributed by atoms with Crippen LogP contribution in [0.3, 0.4) is 0 Å². The summed E-state index contributed by atoms with van der Waals surface area (Å²) in [6.45, 7) is 17.5. The fourth-order valence-electron chi connectivity index (χ4n) is 3.72. The van der Waals surface area contributed by atoms with Gasteiger partial charge in [0.05, 0.1) is 11.1 Å². The second kappa shape index (κ2) is 10.8. The average molecular weight is 538 g/mol. The Kier molecular flexibility index (Phi) is 8.59. The second-order valence-corrected chi connectivity index (χ2v) is 18.1. The number of likely N-dealkylation sites (tertiary alicyclic amines) is 1. The van der Waals surface area contributed by atoms with E-state index in [9.17, 15) is 4.79 Å². The van der Waals surface area contributed by atoms with E-state index in [0.29, 0.717) is 11.6 Å². The van der Waals surface area contributed by atoms with Gasteiger partial charge in [-0.1, -0.05) is 49.8 Å². The Balaban J connectivity index is 1.55. The van der Waals surface area contributed by atoms with Crippen molar-refractivity contribution >= 4 is 37.3 Å². The number of rotatable bonds is 7. The van der Waals surface area contributed by atoms with Crippen molar-refractivity contribution in [3.63, 3.8) is 0 Å². The molecule has 3 rings (SSSR count). The van der Waals surface area contributed by atoms with Crippen molar-refractivity contribution in [1.29, 1.82) is 0 Å². The molecule has 1 aliphatic rings. The first-order chi connectivity index (χ1) is 16.2. The molecule has 0 saturated carbocycles. The van der Waals surface area contributed by atoms with Crippen LogP contribution in [-0.4, -0.2) is 41.7 Å². The molecule has 0 spiro atoms. The van der Waals surface area contributed by atoms with Crippen LogP contribution in [0.15, 0.2) is 18.2 Å². The molecule has 1 amide bonds. The van der Waals surface area contributed by atoms with Crippen molar-refractivity contribution < 1.29 is 14.0 Å². The first kappa shape index (κ1) is 27.9. The normalized spacial score (nSPS) is 17.1. The molecule has 1 atom stereocenters. The van der Waals surface area contributed by atoms with Crippen LogP contribution < -0.4 is 4.43 Å². The standard InChI is InChI=1S/C26H40ClN3O3SSi/c1-25(2,3)32-24(31)30-16-10-12-20(30)23-29-28-22(34-23)13-9-11-18-14-15-21(19(27)17-18)33-35(7,8)26(4,5)6/h14-15,17,20H,9-13,16H2,1-8H3. The lowest BCUT2D eigenvalue weighted by molar-refractivity contribution is 0.0224. The summed E-state index contributed by atoms with van der Waals surface area (Å²) in [6.07, 6.45) is 4.28. The third-order valence-electron chi connectivity index (χ3n) is 6.67. The highest BCUT2D eigenvalue weighted by Gasteiger charge is 2.39. The molecule has 194 valence electrons. The number of aromatic nitrogens is 2. The van der Waals surface area contributed by atoms with Crippen LogP contribution in [0.25, 0.3) is 0 Å². The van der Waals surface area contributed by atoms with Gasteiger partial charge in [-0.25, -0.2) is 4.79 Å². The van der Waals surface area contributed by atoms with Gasteiger partial charge in [-0.05, 0) is 82.3 Å². The minimum atomic E-state index is -1.93. The van der Waals surface area contributed by atoms with E-state index in [2.05, 4.69) is 50.1 Å². The lowest BCUT2D eigenvalue weighted by Gasteiger charge is -2.36. The van der Waals surface area contributed by atoms with E-state index in [0.717, 1.165) is 47.9 Å². The third-order valence-corrected chi connectivity index (χ3v) is 12.4. The summed E-state index contributed by atoms with van der Waals surface area (Å²) in [5.41, 5.74) is 0.684. The zero-order valence-corrected chi connectivity index (χ0v) is 25.0. The maximum absolute atomic E-state index is 12.6. The zero-order chi connectivity index (χ0) is 26.0. The molecule has 2 aromatic rings. The largest absolute Gasteiger partial charge is 0.543 e. The summed E-state index contributed by atoms with van der Waals surface area (Å²) in [6, 6.07) is 6.10. The molecule has 1 unspecified atom stereocenters. The summed E-state index contributed by atoms with van der Waals surface area (Å²) < 4.78 is 12.0. The number of halogens is 1. The zero-order valence-electron chi connectivity index (χ0n) is 22.4. The highest BCUT2D eigenvalue weighted by Crippen LogP contribution is 2.39. The van der Waals surface area contributed by atoms with Gasteiger partial charge in [-0.3, -0.25) is 4.90 Å². The molecule has 1 aliphatic heterocycles. The summed E-state index contributed by atoms with van der Waals surface area (Å²) >= 11 is 8.18. The van der Waals surface area contributed by atoms with E-state index in [1.54, 1.807) is 16.2 Å². The van der Waals surface area contributed by atoms with Gasteiger partial charge in [-0.15, -0.1) is 10.2 Å². The molecule has 6 nitrogen and oxygen atoms in total. The molecule has 1 fully saturated rings. The third kappa shape index (κ3) is 7.43. The van der Waals surface area contributed by atoms with Gasteiger partial charge in [0.15, 0.2) is 0 Å². The van der Waals surface area contributed by atoms with Gasteiger partial charge in [0, 0.05) is 13.0 Å². The van der Waals surface area contributed by atoms with Crippen LogP contribution in [0.2, 0.25) is 23.2 Å². The number of benzene rings is 1. The molecule has 0 aliphatic carbocycles. The highest BCUT2D eigenvalue weighted by molar-refractivity contribution is 7.11. The molecule has 0 radical (unpaired) electrons. The predicted octanol–water partition coefficient (Wildman–Crippen LogP) is 7.82. The maximum atomic E-state index is 12.6. The van der Waals surface area contributed by atoms with E-state index >= 15 is 0 Å². The number of amides is 1. The van der Waals surface area contributed by atoms with E-state index < -0.39 is 13.9 Å². The maximum Gasteiger partial charge on any atom is 0.410 e. The predicted molar refractivity (Wildman–Crippen MR) is 146 cm³/mol. The molecule has 2 heterocycles. The van der Waals surface area contributed by atoms with E-state index in [1.165, 1.54) is 5.56 Å². The fraction of sp³-hybridized carbons (Fsp3) is 0.654. The van der Waals surface area contributed by atoms with Crippen molar-refractivity contribution in [3.8, 4) is 5.75 Å². The average Bonchev–Trinajstić information content (AvgIpc) is 3.37. The Morgan fingerprint density at radius 3 is 2.51 bits per heavy atom. The number of hydrogen-bond donors (Lipinski definition) is 0. The number of carbonyl (C=O) groups is 1. The second-order valence-electron chi connectivity index (χ2n) is 11.8. The van der Waals surface area contributed by atoms with Gasteiger partial charge >= 0.3 is 6.09 Å². The fourth-order valence-corrected chi connectivity index (χ4v) is 6.09. The topological polar surface area (TPSA) is 64.5 Å². The minimum Gasteiger partial charge on any atom is -0.543 e. The Morgan fingerprint density at radius 1 is 1.17 bits per heavy atom. The van der Waals surface area contributed by atoms with Gasteiger partial charge in [0.2, 0.25) is 0 Å².